The number of rotatable bonds is 11. The fourth-order valence-electron chi connectivity index (χ4n) is 5.93. The number of nitrogens with zero attached hydrogens (tertiary/aromatic N) is 6. The first-order chi connectivity index (χ1) is 21.8. The lowest BCUT2D eigenvalue weighted by molar-refractivity contribution is -0.117. The van der Waals surface area contributed by atoms with Gasteiger partial charge in [-0.25, -0.2) is 9.97 Å². The number of likely N-dealkylation sites (tertiary alicyclic amines) is 1. The number of hydrogen-bond acceptors (Lipinski definition) is 8. The van der Waals surface area contributed by atoms with Gasteiger partial charge in [0.2, 0.25) is 11.9 Å². The van der Waals surface area contributed by atoms with Crippen molar-refractivity contribution in [2.75, 3.05) is 48.3 Å². The van der Waals surface area contributed by atoms with E-state index in [1.165, 1.54) is 5.69 Å². The molecule has 234 valence electrons. The zero-order valence-corrected chi connectivity index (χ0v) is 26.6. The first kappa shape index (κ1) is 30.1. The smallest absolute Gasteiger partial charge is 0.238 e. The van der Waals surface area contributed by atoms with Gasteiger partial charge in [-0.05, 0) is 57.9 Å². The van der Waals surface area contributed by atoms with Gasteiger partial charge in [0.15, 0.2) is 5.82 Å². The van der Waals surface area contributed by atoms with Crippen LogP contribution in [-0.2, 0) is 11.8 Å². The Morgan fingerprint density at radius 1 is 1.13 bits per heavy atom. The van der Waals surface area contributed by atoms with Crippen LogP contribution in [0.25, 0.3) is 22.2 Å². The van der Waals surface area contributed by atoms with Crippen molar-refractivity contribution in [3.63, 3.8) is 0 Å². The molecule has 0 unspecified atom stereocenters. The Bertz CT molecular complexity index is 1790. The minimum absolute atomic E-state index is 0.0522. The number of ether oxygens (including phenoxy) is 1. The summed E-state index contributed by atoms with van der Waals surface area (Å²) in [6, 6.07) is 16.1. The fourth-order valence-corrected chi connectivity index (χ4v) is 5.93. The molecule has 0 bridgehead atoms. The van der Waals surface area contributed by atoms with Crippen LogP contribution in [0.5, 0.6) is 5.75 Å². The number of carbonyl (C=O) groups excluding carboxylic acids is 1. The molecule has 1 aliphatic rings. The molecule has 2 aromatic carbocycles. The summed E-state index contributed by atoms with van der Waals surface area (Å²) in [7, 11) is 1.90. The number of aromatic amines is 1. The molecule has 4 heterocycles. The molecule has 1 aliphatic heterocycles. The summed E-state index contributed by atoms with van der Waals surface area (Å²) in [5.74, 6) is 1.97. The summed E-state index contributed by atoms with van der Waals surface area (Å²) < 4.78 is 8.12. The van der Waals surface area contributed by atoms with Crippen LogP contribution >= 0.6 is 0 Å². The molecule has 0 saturated carbocycles. The summed E-state index contributed by atoms with van der Waals surface area (Å²) in [6.45, 7) is 12.0. The van der Waals surface area contributed by atoms with Crippen molar-refractivity contribution in [1.29, 1.82) is 0 Å². The van der Waals surface area contributed by atoms with Crippen LogP contribution in [0, 0.1) is 13.8 Å². The van der Waals surface area contributed by atoms with E-state index < -0.39 is 0 Å². The maximum absolute atomic E-state index is 13.2. The van der Waals surface area contributed by atoms with Crippen molar-refractivity contribution >= 4 is 40.0 Å². The minimum atomic E-state index is -0.0572. The van der Waals surface area contributed by atoms with Gasteiger partial charge in [-0.2, -0.15) is 5.10 Å². The quantitative estimate of drug-likeness (QED) is 0.176. The van der Waals surface area contributed by atoms with Gasteiger partial charge in [0, 0.05) is 80.1 Å². The Morgan fingerprint density at radius 2 is 1.96 bits per heavy atom. The van der Waals surface area contributed by atoms with Crippen molar-refractivity contribution in [2.45, 2.75) is 40.2 Å². The Hall–Kier alpha value is -4.90. The third-order valence-corrected chi connectivity index (χ3v) is 8.42. The second kappa shape index (κ2) is 13.0. The predicted octanol–water partition coefficient (Wildman–Crippen LogP) is 5.66. The Kier molecular flexibility index (Phi) is 8.70. The molecule has 45 heavy (non-hydrogen) atoms. The zero-order chi connectivity index (χ0) is 31.5. The number of carbonyl (C=O) groups is 1. The van der Waals surface area contributed by atoms with E-state index in [0.717, 1.165) is 70.9 Å². The molecule has 11 nitrogen and oxygen atoms in total. The van der Waals surface area contributed by atoms with Gasteiger partial charge in [0.25, 0.3) is 0 Å². The number of para-hydroxylation sites is 1. The Morgan fingerprint density at radius 3 is 2.73 bits per heavy atom. The highest BCUT2D eigenvalue weighted by Crippen LogP contribution is 2.33. The van der Waals surface area contributed by atoms with Crippen molar-refractivity contribution < 1.29 is 9.53 Å². The van der Waals surface area contributed by atoms with Crippen LogP contribution in [0.3, 0.4) is 0 Å². The number of aromatic nitrogens is 5. The molecular formula is C34H41N9O2. The van der Waals surface area contributed by atoms with E-state index in [2.05, 4.69) is 61.5 Å². The highest BCUT2D eigenvalue weighted by Gasteiger charge is 2.26. The SMILES string of the molecule is CCN(CC)c1cccc(O[C@H]2CCN(CC(=O)Nc3cccc4c(-c5nc(Nc6cc(C)n(C)n6)ncc5C)c[nH]c34)C2)c1. The lowest BCUT2D eigenvalue weighted by Crippen LogP contribution is -2.33. The van der Waals surface area contributed by atoms with Crippen molar-refractivity contribution in [3.8, 4) is 17.0 Å². The highest BCUT2D eigenvalue weighted by molar-refractivity contribution is 6.06. The molecule has 0 spiro atoms. The third kappa shape index (κ3) is 6.63. The normalized spacial score (nSPS) is 15.0. The summed E-state index contributed by atoms with van der Waals surface area (Å²) in [4.78, 5) is 30.3. The van der Waals surface area contributed by atoms with Crippen LogP contribution in [-0.4, -0.2) is 74.4 Å². The van der Waals surface area contributed by atoms with Gasteiger partial charge in [-0.15, -0.1) is 0 Å². The number of amides is 1. The number of hydrogen-bond donors (Lipinski definition) is 3. The summed E-state index contributed by atoms with van der Waals surface area (Å²) in [5, 5.41) is 11.8. The van der Waals surface area contributed by atoms with Crippen molar-refractivity contribution in [3.05, 3.63) is 72.2 Å². The van der Waals surface area contributed by atoms with Crippen LogP contribution < -0.4 is 20.3 Å². The molecule has 3 aromatic heterocycles. The topological polar surface area (TPSA) is 116 Å². The monoisotopic (exact) mass is 607 g/mol. The second-order valence-electron chi connectivity index (χ2n) is 11.6. The van der Waals surface area contributed by atoms with Crippen molar-refractivity contribution in [1.82, 2.24) is 29.6 Å². The van der Waals surface area contributed by atoms with E-state index in [1.54, 1.807) is 10.9 Å². The van der Waals surface area contributed by atoms with Gasteiger partial charge in [-0.1, -0.05) is 18.2 Å². The highest BCUT2D eigenvalue weighted by atomic mass is 16.5. The number of aryl methyl sites for hydroxylation is 3. The molecule has 1 saturated heterocycles. The largest absolute Gasteiger partial charge is 0.489 e. The molecule has 11 heteroatoms. The van der Waals surface area contributed by atoms with Gasteiger partial charge in [0.1, 0.15) is 11.9 Å². The van der Waals surface area contributed by atoms with E-state index >= 15 is 0 Å². The Labute approximate surface area is 263 Å². The zero-order valence-electron chi connectivity index (χ0n) is 26.6. The molecule has 1 atom stereocenters. The number of H-pyrrole nitrogens is 1. The Balaban J connectivity index is 1.11. The van der Waals surface area contributed by atoms with Crippen LogP contribution in [0.4, 0.5) is 23.1 Å². The average Bonchev–Trinajstić information content (AvgIpc) is 3.74. The van der Waals surface area contributed by atoms with Crippen LogP contribution in [0.15, 0.2) is 60.9 Å². The number of anilines is 4. The summed E-state index contributed by atoms with van der Waals surface area (Å²) in [6.07, 6.45) is 4.67. The first-order valence-electron chi connectivity index (χ1n) is 15.6. The van der Waals surface area contributed by atoms with Crippen LogP contribution in [0.1, 0.15) is 31.5 Å². The van der Waals surface area contributed by atoms with Gasteiger partial charge < -0.3 is 25.3 Å². The summed E-state index contributed by atoms with van der Waals surface area (Å²) in [5.41, 5.74) is 6.47. The predicted molar refractivity (Wildman–Crippen MR) is 179 cm³/mol. The van der Waals surface area contributed by atoms with E-state index in [1.807, 2.05) is 63.5 Å². The summed E-state index contributed by atoms with van der Waals surface area (Å²) >= 11 is 0. The maximum atomic E-state index is 13.2. The molecule has 3 N–H and O–H groups in total. The van der Waals surface area contributed by atoms with Gasteiger partial charge in [0.05, 0.1) is 23.4 Å². The van der Waals surface area contributed by atoms with Gasteiger partial charge >= 0.3 is 0 Å². The molecule has 1 fully saturated rings. The van der Waals surface area contributed by atoms with E-state index in [4.69, 9.17) is 9.72 Å². The third-order valence-electron chi connectivity index (χ3n) is 8.42. The minimum Gasteiger partial charge on any atom is -0.489 e. The van der Waals surface area contributed by atoms with Crippen molar-refractivity contribution in [2.24, 2.45) is 7.05 Å². The average molecular weight is 608 g/mol. The maximum Gasteiger partial charge on any atom is 0.238 e. The molecule has 1 amide bonds. The second-order valence-corrected chi connectivity index (χ2v) is 11.6. The standard InChI is InChI=1S/C34H41N9O2/c1-6-43(7-2)24-10-8-11-25(17-24)45-26-14-15-42(20-26)21-31(44)37-29-13-9-12-27-28(19-35-33(27)29)32-22(3)18-36-34(39-32)38-30-16-23(4)41(5)40-30/h8-13,16-19,26,35H,6-7,14-15,20-21H2,1-5H3,(H,37,44)(H,36,38,39,40)/t26-/m0/s1. The van der Waals surface area contributed by atoms with Crippen LogP contribution in [0.2, 0.25) is 0 Å². The molecular weight excluding hydrogens is 566 g/mol. The van der Waals surface area contributed by atoms with Gasteiger partial charge in [-0.3, -0.25) is 14.4 Å². The van der Waals surface area contributed by atoms with E-state index in [9.17, 15) is 4.79 Å². The first-order valence-corrected chi connectivity index (χ1v) is 15.6. The van der Waals surface area contributed by atoms with E-state index in [0.29, 0.717) is 24.9 Å². The molecule has 0 aliphatic carbocycles. The number of benzene rings is 2. The molecule has 0 radical (unpaired) electrons. The fraction of sp³-hybridized carbons (Fsp3) is 0.353. The lowest BCUT2D eigenvalue weighted by atomic mass is 10.1. The molecule has 6 rings (SSSR count). The van der Waals surface area contributed by atoms with E-state index in [-0.39, 0.29) is 12.0 Å². The lowest BCUT2D eigenvalue weighted by Gasteiger charge is -2.22. The number of nitrogens with one attached hydrogen (secondary N) is 3. The molecule has 5 aromatic rings. The number of fused-ring (bicyclic) bond motifs is 1.